The summed E-state index contributed by atoms with van der Waals surface area (Å²) < 4.78 is 11.1. The zero-order valence-electron chi connectivity index (χ0n) is 18.6. The summed E-state index contributed by atoms with van der Waals surface area (Å²) >= 11 is 3.48. The lowest BCUT2D eigenvalue weighted by atomic mass is 10.1. The fourth-order valence-corrected chi connectivity index (χ4v) is 3.81. The van der Waals surface area contributed by atoms with Crippen LogP contribution in [0.5, 0.6) is 0 Å². The molecule has 1 heterocycles. The maximum absolute atomic E-state index is 12.4. The molecule has 2 amide bonds. The van der Waals surface area contributed by atoms with E-state index in [0.717, 1.165) is 15.6 Å². The van der Waals surface area contributed by atoms with Crippen molar-refractivity contribution < 1.29 is 28.7 Å². The molecule has 1 aliphatic rings. The molecule has 1 N–H and O–H groups in total. The number of carbonyl (C=O) groups excluding carboxylic acids is 4. The Morgan fingerprint density at radius 1 is 1.09 bits per heavy atom. The normalized spacial score (nSPS) is 15.3. The van der Waals surface area contributed by atoms with Crippen LogP contribution in [0.2, 0.25) is 0 Å². The van der Waals surface area contributed by atoms with Gasteiger partial charge in [0.05, 0.1) is 18.1 Å². The van der Waals surface area contributed by atoms with Crippen LogP contribution in [-0.4, -0.2) is 43.5 Å². The number of hydrogen-bond donors (Lipinski definition) is 1. The van der Waals surface area contributed by atoms with Gasteiger partial charge in [-0.3, -0.25) is 14.4 Å². The van der Waals surface area contributed by atoms with Gasteiger partial charge < -0.3 is 19.7 Å². The largest absolute Gasteiger partial charge is 0.462 e. The van der Waals surface area contributed by atoms with Crippen molar-refractivity contribution in [1.29, 1.82) is 0 Å². The van der Waals surface area contributed by atoms with Crippen LogP contribution >= 0.6 is 15.9 Å². The van der Waals surface area contributed by atoms with Crippen molar-refractivity contribution in [3.63, 3.8) is 0 Å². The Morgan fingerprint density at radius 2 is 1.73 bits per heavy atom. The molecule has 0 unspecified atom stereocenters. The molecule has 1 fully saturated rings. The summed E-state index contributed by atoms with van der Waals surface area (Å²) in [6, 6.07) is 10.0. The number of anilines is 2. The summed E-state index contributed by atoms with van der Waals surface area (Å²) in [6.45, 7) is 5.53. The molecule has 1 aliphatic heterocycles. The molecule has 2 aromatic carbocycles. The van der Waals surface area contributed by atoms with E-state index in [9.17, 15) is 19.2 Å². The van der Waals surface area contributed by atoms with E-state index in [1.807, 2.05) is 26.0 Å². The maximum atomic E-state index is 12.4. The minimum Gasteiger partial charge on any atom is -0.462 e. The van der Waals surface area contributed by atoms with Crippen LogP contribution in [0.3, 0.4) is 0 Å². The number of nitrogens with zero attached hydrogens (tertiary/aromatic N) is 1. The van der Waals surface area contributed by atoms with Gasteiger partial charge in [-0.2, -0.15) is 0 Å². The highest BCUT2D eigenvalue weighted by Crippen LogP contribution is 2.27. The van der Waals surface area contributed by atoms with Gasteiger partial charge in [-0.05, 0) is 68.3 Å². The molecular weight excluding hydrogens is 492 g/mol. The molecule has 0 saturated carbocycles. The molecule has 0 radical (unpaired) electrons. The summed E-state index contributed by atoms with van der Waals surface area (Å²) in [4.78, 5) is 50.3. The Hall–Kier alpha value is -3.20. The maximum Gasteiger partial charge on any atom is 0.338 e. The topological polar surface area (TPSA) is 102 Å². The zero-order chi connectivity index (χ0) is 24.1. The first-order chi connectivity index (χ1) is 15.7. The van der Waals surface area contributed by atoms with Gasteiger partial charge >= 0.3 is 11.9 Å². The molecule has 9 heteroatoms. The number of aryl methyl sites for hydroxylation is 2. The average Bonchev–Trinajstić information content (AvgIpc) is 3.17. The Bertz CT molecular complexity index is 1060. The van der Waals surface area contributed by atoms with E-state index < -0.39 is 30.4 Å². The molecule has 0 bridgehead atoms. The van der Waals surface area contributed by atoms with Crippen molar-refractivity contribution in [2.75, 3.05) is 30.0 Å². The minimum absolute atomic E-state index is 0.00875. The van der Waals surface area contributed by atoms with E-state index in [-0.39, 0.29) is 25.5 Å². The van der Waals surface area contributed by atoms with E-state index >= 15 is 0 Å². The quantitative estimate of drug-likeness (QED) is 0.561. The molecule has 8 nitrogen and oxygen atoms in total. The summed E-state index contributed by atoms with van der Waals surface area (Å²) in [6.07, 6.45) is -0.00875. The average molecular weight is 517 g/mol. The second-order valence-corrected chi connectivity index (χ2v) is 8.55. The van der Waals surface area contributed by atoms with Crippen molar-refractivity contribution in [1.82, 2.24) is 0 Å². The summed E-state index contributed by atoms with van der Waals surface area (Å²) in [5.41, 5.74) is 3.51. The Morgan fingerprint density at radius 3 is 2.33 bits per heavy atom. The van der Waals surface area contributed by atoms with Gasteiger partial charge in [0, 0.05) is 28.8 Å². The Labute approximate surface area is 200 Å². The molecular formula is C24H25BrN2O6. The van der Waals surface area contributed by atoms with E-state index in [0.29, 0.717) is 16.9 Å². The lowest BCUT2D eigenvalue weighted by molar-refractivity contribution is -0.151. The monoisotopic (exact) mass is 516 g/mol. The number of ether oxygens (including phenoxy) is 2. The van der Waals surface area contributed by atoms with E-state index in [4.69, 9.17) is 9.47 Å². The predicted octanol–water partition coefficient (Wildman–Crippen LogP) is 3.78. The van der Waals surface area contributed by atoms with Gasteiger partial charge in [0.1, 0.15) is 0 Å². The van der Waals surface area contributed by atoms with Crippen LogP contribution in [0.1, 0.15) is 34.8 Å². The van der Waals surface area contributed by atoms with E-state index in [1.165, 1.54) is 4.90 Å². The lowest BCUT2D eigenvalue weighted by Crippen LogP contribution is -2.28. The fraction of sp³-hybridized carbons (Fsp3) is 0.333. The van der Waals surface area contributed by atoms with Crippen LogP contribution in [0.4, 0.5) is 11.4 Å². The molecule has 1 atom stereocenters. The summed E-state index contributed by atoms with van der Waals surface area (Å²) in [7, 11) is 0. The Kier molecular flexibility index (Phi) is 7.86. The van der Waals surface area contributed by atoms with Crippen molar-refractivity contribution in [2.24, 2.45) is 5.92 Å². The Balaban J connectivity index is 1.53. The third-order valence-corrected chi connectivity index (χ3v) is 6.47. The fourth-order valence-electron chi connectivity index (χ4n) is 3.58. The van der Waals surface area contributed by atoms with Gasteiger partial charge in [-0.15, -0.1) is 0 Å². The summed E-state index contributed by atoms with van der Waals surface area (Å²) in [5.74, 6) is -2.41. The van der Waals surface area contributed by atoms with E-state index in [1.54, 1.807) is 31.2 Å². The third-order valence-electron chi connectivity index (χ3n) is 5.21. The number of rotatable bonds is 7. The van der Waals surface area contributed by atoms with Crippen LogP contribution in [0, 0.1) is 19.8 Å². The highest BCUT2D eigenvalue weighted by atomic mass is 79.9. The molecule has 3 rings (SSSR count). The van der Waals surface area contributed by atoms with Gasteiger partial charge in [0.25, 0.3) is 5.91 Å². The first-order valence-electron chi connectivity index (χ1n) is 10.5. The second-order valence-electron chi connectivity index (χ2n) is 7.75. The van der Waals surface area contributed by atoms with Crippen molar-refractivity contribution in [2.45, 2.75) is 27.2 Å². The van der Waals surface area contributed by atoms with Crippen LogP contribution in [0.15, 0.2) is 40.9 Å². The van der Waals surface area contributed by atoms with Gasteiger partial charge in [0.15, 0.2) is 6.61 Å². The number of hydrogen-bond acceptors (Lipinski definition) is 6. The van der Waals surface area contributed by atoms with Crippen molar-refractivity contribution >= 4 is 51.1 Å². The molecule has 1 saturated heterocycles. The summed E-state index contributed by atoms with van der Waals surface area (Å²) in [5, 5.41) is 2.71. The first kappa shape index (κ1) is 24.4. The SMILES string of the molecule is CCOC(=O)c1ccc(N2C[C@H](C(=O)OCC(=O)Nc3cc(C)c(Br)c(C)c3)CC2=O)cc1. The zero-order valence-corrected chi connectivity index (χ0v) is 20.2. The van der Waals surface area contributed by atoms with Crippen LogP contribution in [-0.2, 0) is 23.9 Å². The van der Waals surface area contributed by atoms with Gasteiger partial charge in [-0.25, -0.2) is 4.79 Å². The molecule has 0 aliphatic carbocycles. The molecule has 2 aromatic rings. The highest BCUT2D eigenvalue weighted by molar-refractivity contribution is 9.10. The van der Waals surface area contributed by atoms with Crippen molar-refractivity contribution in [3.8, 4) is 0 Å². The highest BCUT2D eigenvalue weighted by Gasteiger charge is 2.36. The smallest absolute Gasteiger partial charge is 0.338 e. The number of esters is 2. The second kappa shape index (κ2) is 10.6. The van der Waals surface area contributed by atoms with Crippen LogP contribution in [0.25, 0.3) is 0 Å². The number of benzene rings is 2. The standard InChI is InChI=1S/C24H25BrN2O6/c1-4-32-23(30)16-5-7-19(8-6-16)27-12-17(11-21(27)29)24(31)33-13-20(28)26-18-9-14(2)22(25)15(3)10-18/h5-10,17H,4,11-13H2,1-3H3,(H,26,28)/t17-/m1/s1. The van der Waals surface area contributed by atoms with Crippen molar-refractivity contribution in [3.05, 3.63) is 57.6 Å². The van der Waals surface area contributed by atoms with Gasteiger partial charge in [0.2, 0.25) is 5.91 Å². The van der Waals surface area contributed by atoms with E-state index in [2.05, 4.69) is 21.2 Å². The molecule has 174 valence electrons. The van der Waals surface area contributed by atoms with Crippen LogP contribution < -0.4 is 10.2 Å². The first-order valence-corrected chi connectivity index (χ1v) is 11.3. The number of nitrogens with one attached hydrogen (secondary N) is 1. The molecule has 0 spiro atoms. The molecule has 33 heavy (non-hydrogen) atoms. The predicted molar refractivity (Wildman–Crippen MR) is 126 cm³/mol. The third kappa shape index (κ3) is 5.98. The number of halogens is 1. The number of carbonyl (C=O) groups is 4. The lowest BCUT2D eigenvalue weighted by Gasteiger charge is -2.17. The minimum atomic E-state index is -0.674. The number of amides is 2. The molecule has 0 aromatic heterocycles. The van der Waals surface area contributed by atoms with Gasteiger partial charge in [-0.1, -0.05) is 15.9 Å².